The van der Waals surface area contributed by atoms with E-state index in [1.807, 2.05) is 0 Å². The first kappa shape index (κ1) is 13.2. The number of benzene rings is 2. The number of fused-ring (bicyclic) bond motifs is 1. The molecule has 3 aromatic rings. The number of H-pyrrole nitrogens is 1. The molecular formula is C13H6ClF3N2S. The predicted octanol–water partition coefficient (Wildman–Crippen LogP) is 4.76. The van der Waals surface area contributed by atoms with Gasteiger partial charge in [0.2, 0.25) is 0 Å². The van der Waals surface area contributed by atoms with Gasteiger partial charge in [-0.25, -0.2) is 13.2 Å². The van der Waals surface area contributed by atoms with Crippen molar-refractivity contribution >= 4 is 34.9 Å². The van der Waals surface area contributed by atoms with Crippen LogP contribution in [0.25, 0.3) is 16.7 Å². The van der Waals surface area contributed by atoms with Crippen LogP contribution < -0.4 is 0 Å². The zero-order valence-electron chi connectivity index (χ0n) is 9.75. The van der Waals surface area contributed by atoms with E-state index in [0.29, 0.717) is 5.52 Å². The van der Waals surface area contributed by atoms with E-state index in [4.69, 9.17) is 23.8 Å². The number of hydrogen-bond acceptors (Lipinski definition) is 1. The Labute approximate surface area is 121 Å². The van der Waals surface area contributed by atoms with Crippen LogP contribution >= 0.6 is 23.8 Å². The van der Waals surface area contributed by atoms with Crippen LogP contribution in [0.4, 0.5) is 13.2 Å². The van der Waals surface area contributed by atoms with E-state index in [-0.39, 0.29) is 21.0 Å². The molecule has 7 heteroatoms. The van der Waals surface area contributed by atoms with Crippen molar-refractivity contribution in [3.05, 3.63) is 57.6 Å². The highest BCUT2D eigenvalue weighted by Crippen LogP contribution is 2.28. The Morgan fingerprint density at radius 3 is 2.60 bits per heavy atom. The molecule has 0 aliphatic rings. The van der Waals surface area contributed by atoms with E-state index in [1.165, 1.54) is 22.8 Å². The molecule has 20 heavy (non-hydrogen) atoms. The molecule has 1 N–H and O–H groups in total. The van der Waals surface area contributed by atoms with Crippen LogP contribution in [0, 0.1) is 22.2 Å². The van der Waals surface area contributed by atoms with Gasteiger partial charge in [0.25, 0.3) is 0 Å². The van der Waals surface area contributed by atoms with E-state index in [2.05, 4.69) is 4.98 Å². The predicted molar refractivity (Wildman–Crippen MR) is 73.3 cm³/mol. The Balaban J connectivity index is 2.48. The van der Waals surface area contributed by atoms with Gasteiger partial charge >= 0.3 is 0 Å². The van der Waals surface area contributed by atoms with Crippen LogP contribution in [0.3, 0.4) is 0 Å². The molecule has 0 unspecified atom stereocenters. The first-order valence-corrected chi connectivity index (χ1v) is 6.32. The van der Waals surface area contributed by atoms with Crippen molar-refractivity contribution in [2.75, 3.05) is 0 Å². The van der Waals surface area contributed by atoms with Crippen LogP contribution in [-0.4, -0.2) is 9.55 Å². The summed E-state index contributed by atoms with van der Waals surface area (Å²) in [5.41, 5.74) is 0.337. The monoisotopic (exact) mass is 314 g/mol. The first-order chi connectivity index (χ1) is 9.49. The van der Waals surface area contributed by atoms with Gasteiger partial charge in [0.1, 0.15) is 11.3 Å². The molecule has 0 bridgehead atoms. The van der Waals surface area contributed by atoms with Crippen molar-refractivity contribution in [1.82, 2.24) is 9.55 Å². The number of aromatic nitrogens is 2. The Bertz CT molecular complexity index is 885. The quantitative estimate of drug-likeness (QED) is 0.642. The average Bonchev–Trinajstić information content (AvgIpc) is 2.74. The molecule has 2 aromatic carbocycles. The van der Waals surface area contributed by atoms with Crippen molar-refractivity contribution in [1.29, 1.82) is 0 Å². The number of nitrogens with one attached hydrogen (secondary N) is 1. The molecule has 0 saturated heterocycles. The summed E-state index contributed by atoms with van der Waals surface area (Å²) in [5.74, 6) is -2.65. The molecule has 0 radical (unpaired) electrons. The maximum absolute atomic E-state index is 14.0. The van der Waals surface area contributed by atoms with Crippen LogP contribution in [0.1, 0.15) is 0 Å². The van der Waals surface area contributed by atoms with Gasteiger partial charge in [-0.1, -0.05) is 11.6 Å². The normalized spacial score (nSPS) is 11.2. The van der Waals surface area contributed by atoms with Gasteiger partial charge in [-0.15, -0.1) is 0 Å². The van der Waals surface area contributed by atoms with E-state index in [0.717, 1.165) is 12.1 Å². The van der Waals surface area contributed by atoms with Gasteiger partial charge in [-0.3, -0.25) is 4.57 Å². The number of halogens is 4. The summed E-state index contributed by atoms with van der Waals surface area (Å²) in [7, 11) is 0. The SMILES string of the molecule is Fc1ccc(Cl)c(-n2c(=S)[nH]c3ccc(F)c(F)c32)c1. The van der Waals surface area contributed by atoms with Crippen LogP contribution in [0.15, 0.2) is 30.3 Å². The lowest BCUT2D eigenvalue weighted by Crippen LogP contribution is -1.99. The van der Waals surface area contributed by atoms with E-state index in [1.54, 1.807) is 0 Å². The standard InChI is InChI=1S/C13H6ClF3N2S/c14-7-2-1-6(15)5-10(7)19-12-9(18-13(19)20)4-3-8(16)11(12)17/h1-5H,(H,18,20). The van der Waals surface area contributed by atoms with Gasteiger partial charge in [0, 0.05) is 0 Å². The third-order valence-corrected chi connectivity index (χ3v) is 3.49. The molecule has 1 aromatic heterocycles. The minimum atomic E-state index is -1.07. The molecule has 2 nitrogen and oxygen atoms in total. The van der Waals surface area contributed by atoms with Gasteiger partial charge in [0.15, 0.2) is 16.4 Å². The third kappa shape index (κ3) is 1.92. The van der Waals surface area contributed by atoms with Crippen molar-refractivity contribution < 1.29 is 13.2 Å². The second-order valence-electron chi connectivity index (χ2n) is 4.12. The van der Waals surface area contributed by atoms with Gasteiger partial charge in [0.05, 0.1) is 16.2 Å². The third-order valence-electron chi connectivity index (χ3n) is 2.89. The summed E-state index contributed by atoms with van der Waals surface area (Å²) in [6.07, 6.45) is 0. The fourth-order valence-electron chi connectivity index (χ4n) is 2.02. The largest absolute Gasteiger partial charge is 0.330 e. The first-order valence-electron chi connectivity index (χ1n) is 5.53. The van der Waals surface area contributed by atoms with Gasteiger partial charge in [-0.2, -0.15) is 0 Å². The molecule has 102 valence electrons. The summed E-state index contributed by atoms with van der Waals surface area (Å²) >= 11 is 11.1. The smallest absolute Gasteiger partial charge is 0.184 e. The maximum atomic E-state index is 14.0. The van der Waals surface area contributed by atoms with E-state index in [9.17, 15) is 13.2 Å². The lowest BCUT2D eigenvalue weighted by Gasteiger charge is -2.08. The topological polar surface area (TPSA) is 20.7 Å². The summed E-state index contributed by atoms with van der Waals surface area (Å²) in [6.45, 7) is 0. The molecule has 0 aliphatic carbocycles. The summed E-state index contributed by atoms with van der Waals surface area (Å²) in [5, 5.41) is 0.173. The van der Waals surface area contributed by atoms with Crippen LogP contribution in [-0.2, 0) is 0 Å². The fourth-order valence-corrected chi connectivity index (χ4v) is 2.52. The molecule has 3 rings (SSSR count). The van der Waals surface area contributed by atoms with Crippen molar-refractivity contribution in [2.24, 2.45) is 0 Å². The molecule has 0 amide bonds. The highest BCUT2D eigenvalue weighted by molar-refractivity contribution is 7.71. The number of rotatable bonds is 1. The minimum absolute atomic E-state index is 0.0944. The molecule has 0 spiro atoms. The summed E-state index contributed by atoms with van der Waals surface area (Å²) < 4.78 is 42.0. The van der Waals surface area contributed by atoms with Gasteiger partial charge in [-0.05, 0) is 42.5 Å². The van der Waals surface area contributed by atoms with E-state index < -0.39 is 17.5 Å². The minimum Gasteiger partial charge on any atom is -0.330 e. The van der Waals surface area contributed by atoms with Crippen molar-refractivity contribution in [2.45, 2.75) is 0 Å². The Morgan fingerprint density at radius 1 is 1.10 bits per heavy atom. The molecular weight excluding hydrogens is 309 g/mol. The van der Waals surface area contributed by atoms with Crippen molar-refractivity contribution in [3.63, 3.8) is 0 Å². The highest BCUT2D eigenvalue weighted by atomic mass is 35.5. The van der Waals surface area contributed by atoms with Gasteiger partial charge < -0.3 is 4.98 Å². The second-order valence-corrected chi connectivity index (χ2v) is 4.91. The van der Waals surface area contributed by atoms with Crippen LogP contribution in [0.5, 0.6) is 0 Å². The number of hydrogen-bond donors (Lipinski definition) is 1. The summed E-state index contributed by atoms with van der Waals surface area (Å²) in [6, 6.07) is 5.94. The fraction of sp³-hybridized carbons (Fsp3) is 0. The van der Waals surface area contributed by atoms with Crippen LogP contribution in [0.2, 0.25) is 5.02 Å². The molecule has 0 saturated carbocycles. The Hall–Kier alpha value is -1.79. The molecule has 1 heterocycles. The zero-order valence-corrected chi connectivity index (χ0v) is 11.3. The molecule has 0 fully saturated rings. The number of nitrogens with zero attached hydrogens (tertiary/aromatic N) is 1. The average molecular weight is 315 g/mol. The number of imidazole rings is 1. The maximum Gasteiger partial charge on any atom is 0.184 e. The lowest BCUT2D eigenvalue weighted by molar-refractivity contribution is 0.514. The van der Waals surface area contributed by atoms with Crippen molar-refractivity contribution in [3.8, 4) is 5.69 Å². The summed E-state index contributed by atoms with van der Waals surface area (Å²) in [4.78, 5) is 2.73. The lowest BCUT2D eigenvalue weighted by atomic mass is 10.2. The molecule has 0 atom stereocenters. The molecule has 0 aliphatic heterocycles. The second kappa shape index (κ2) is 4.64. The highest BCUT2D eigenvalue weighted by Gasteiger charge is 2.16. The Kier molecular flexibility index (Phi) is 3.07. The zero-order chi connectivity index (χ0) is 14.4. The Morgan fingerprint density at radius 2 is 1.85 bits per heavy atom. The number of aromatic amines is 1. The van der Waals surface area contributed by atoms with E-state index >= 15 is 0 Å².